The fourth-order valence-corrected chi connectivity index (χ4v) is 2.00. The van der Waals surface area contributed by atoms with Gasteiger partial charge in [-0.15, -0.1) is 0 Å². The highest BCUT2D eigenvalue weighted by atomic mass is 19.1. The third kappa shape index (κ3) is 3.59. The zero-order valence-corrected chi connectivity index (χ0v) is 11.9. The topological polar surface area (TPSA) is 53.2 Å². The van der Waals surface area contributed by atoms with Crippen LogP contribution in [0.5, 0.6) is 5.75 Å². The molecule has 0 aromatic heterocycles. The molecule has 1 unspecified atom stereocenters. The van der Waals surface area contributed by atoms with Gasteiger partial charge in [0.25, 0.3) is 0 Å². The molecular weight excluding hydrogens is 269 g/mol. The van der Waals surface area contributed by atoms with Gasteiger partial charge in [0.2, 0.25) is 0 Å². The van der Waals surface area contributed by atoms with Crippen molar-refractivity contribution >= 4 is 0 Å². The molecule has 1 atom stereocenters. The summed E-state index contributed by atoms with van der Waals surface area (Å²) in [6.07, 6.45) is -0.661. The Kier molecular flexibility index (Phi) is 4.56. The number of halogens is 1. The molecule has 0 aliphatic rings. The highest BCUT2D eigenvalue weighted by Gasteiger charge is 2.11. The van der Waals surface area contributed by atoms with Crippen molar-refractivity contribution in [1.82, 2.24) is 0 Å². The van der Waals surface area contributed by atoms with Crippen LogP contribution >= 0.6 is 0 Å². The molecule has 0 bridgehead atoms. The first kappa shape index (κ1) is 15.0. The van der Waals surface area contributed by atoms with Gasteiger partial charge in [0, 0.05) is 11.1 Å². The van der Waals surface area contributed by atoms with Crippen LogP contribution in [0.3, 0.4) is 0 Å². The molecule has 2 aromatic carbocycles. The number of rotatable bonds is 4. The van der Waals surface area contributed by atoms with E-state index in [1.807, 2.05) is 25.1 Å². The van der Waals surface area contributed by atoms with Crippen LogP contribution in [-0.4, -0.2) is 5.11 Å². The Morgan fingerprint density at radius 2 is 2.05 bits per heavy atom. The summed E-state index contributed by atoms with van der Waals surface area (Å²) in [5.74, 6) is 0.0639. The second-order valence-corrected chi connectivity index (χ2v) is 4.92. The maximum atomic E-state index is 13.8. The molecule has 4 heteroatoms. The number of hydrogen-bond donors (Lipinski definition) is 1. The molecule has 0 spiro atoms. The summed E-state index contributed by atoms with van der Waals surface area (Å²) in [4.78, 5) is 0. The van der Waals surface area contributed by atoms with Crippen LogP contribution < -0.4 is 4.74 Å². The third-order valence-corrected chi connectivity index (χ3v) is 3.18. The van der Waals surface area contributed by atoms with Gasteiger partial charge in [0.1, 0.15) is 18.2 Å². The minimum atomic E-state index is -0.661. The molecule has 0 amide bonds. The van der Waals surface area contributed by atoms with E-state index in [2.05, 4.69) is 0 Å². The molecule has 1 N–H and O–H groups in total. The van der Waals surface area contributed by atoms with Gasteiger partial charge in [0.15, 0.2) is 0 Å². The molecule has 108 valence electrons. The number of benzene rings is 2. The van der Waals surface area contributed by atoms with E-state index in [-0.39, 0.29) is 12.2 Å². The van der Waals surface area contributed by atoms with Gasteiger partial charge in [-0.05, 0) is 37.6 Å². The Labute approximate surface area is 123 Å². The highest BCUT2D eigenvalue weighted by Crippen LogP contribution is 2.27. The molecule has 0 aliphatic heterocycles. The molecule has 0 saturated heterocycles. The molecule has 2 aromatic rings. The number of nitrogens with zero attached hydrogens (tertiary/aromatic N) is 1. The SMILES string of the molecule is Cc1ccc(C(C)O)c(OCc2ccc(C#N)cc2F)c1. The van der Waals surface area contributed by atoms with Crippen molar-refractivity contribution in [3.63, 3.8) is 0 Å². The van der Waals surface area contributed by atoms with Crippen LogP contribution in [0.4, 0.5) is 4.39 Å². The summed E-state index contributed by atoms with van der Waals surface area (Å²) in [5.41, 5.74) is 2.30. The van der Waals surface area contributed by atoms with Crippen molar-refractivity contribution in [3.05, 3.63) is 64.5 Å². The molecule has 2 rings (SSSR count). The van der Waals surface area contributed by atoms with E-state index in [1.54, 1.807) is 19.1 Å². The number of aryl methyl sites for hydroxylation is 1. The monoisotopic (exact) mass is 285 g/mol. The van der Waals surface area contributed by atoms with Crippen LogP contribution in [0, 0.1) is 24.1 Å². The zero-order valence-electron chi connectivity index (χ0n) is 11.9. The molecule has 0 radical (unpaired) electrons. The number of hydrogen-bond acceptors (Lipinski definition) is 3. The summed E-state index contributed by atoms with van der Waals surface area (Å²) >= 11 is 0. The fourth-order valence-electron chi connectivity index (χ4n) is 2.00. The quantitative estimate of drug-likeness (QED) is 0.933. The highest BCUT2D eigenvalue weighted by molar-refractivity contribution is 5.39. The van der Waals surface area contributed by atoms with Crippen molar-refractivity contribution in [2.24, 2.45) is 0 Å². The minimum Gasteiger partial charge on any atom is -0.488 e. The van der Waals surface area contributed by atoms with Gasteiger partial charge >= 0.3 is 0 Å². The predicted octanol–water partition coefficient (Wildman–Crippen LogP) is 3.64. The lowest BCUT2D eigenvalue weighted by atomic mass is 10.1. The molecule has 0 fully saturated rings. The van der Waals surface area contributed by atoms with Gasteiger partial charge in [-0.25, -0.2) is 4.39 Å². The van der Waals surface area contributed by atoms with E-state index < -0.39 is 11.9 Å². The third-order valence-electron chi connectivity index (χ3n) is 3.18. The van der Waals surface area contributed by atoms with Crippen molar-refractivity contribution in [1.29, 1.82) is 5.26 Å². The van der Waals surface area contributed by atoms with Crippen LogP contribution in [0.2, 0.25) is 0 Å². The Morgan fingerprint density at radius 3 is 2.67 bits per heavy atom. The van der Waals surface area contributed by atoms with Gasteiger partial charge in [-0.3, -0.25) is 0 Å². The van der Waals surface area contributed by atoms with E-state index in [0.717, 1.165) is 5.56 Å². The second kappa shape index (κ2) is 6.38. The molecule has 3 nitrogen and oxygen atoms in total. The van der Waals surface area contributed by atoms with Gasteiger partial charge in [-0.1, -0.05) is 18.2 Å². The number of ether oxygens (including phenoxy) is 1. The van der Waals surface area contributed by atoms with Crippen LogP contribution in [0.15, 0.2) is 36.4 Å². The summed E-state index contributed by atoms with van der Waals surface area (Å²) in [6, 6.07) is 11.6. The van der Waals surface area contributed by atoms with E-state index in [1.165, 1.54) is 12.1 Å². The molecule has 0 saturated carbocycles. The molecule has 0 heterocycles. The number of aliphatic hydroxyl groups excluding tert-OH is 1. The Morgan fingerprint density at radius 1 is 1.29 bits per heavy atom. The average molecular weight is 285 g/mol. The maximum Gasteiger partial charge on any atom is 0.131 e. The Hall–Kier alpha value is -2.38. The number of nitriles is 1. The van der Waals surface area contributed by atoms with Crippen LogP contribution in [-0.2, 0) is 6.61 Å². The van der Waals surface area contributed by atoms with Crippen LogP contribution in [0.1, 0.15) is 35.3 Å². The van der Waals surface area contributed by atoms with Crippen molar-refractivity contribution in [2.45, 2.75) is 26.6 Å². The molecule has 0 aliphatic carbocycles. The molecular formula is C17H16FNO2. The van der Waals surface area contributed by atoms with Crippen molar-refractivity contribution < 1.29 is 14.2 Å². The lowest BCUT2D eigenvalue weighted by Gasteiger charge is -2.14. The predicted molar refractivity (Wildman–Crippen MR) is 77.3 cm³/mol. The van der Waals surface area contributed by atoms with Gasteiger partial charge in [-0.2, -0.15) is 5.26 Å². The lowest BCUT2D eigenvalue weighted by Crippen LogP contribution is -2.03. The normalized spacial score (nSPS) is 11.8. The first-order valence-electron chi connectivity index (χ1n) is 6.61. The summed E-state index contributed by atoms with van der Waals surface area (Å²) in [5, 5.41) is 18.4. The lowest BCUT2D eigenvalue weighted by molar-refractivity contribution is 0.190. The van der Waals surface area contributed by atoms with Crippen molar-refractivity contribution in [3.8, 4) is 11.8 Å². The minimum absolute atomic E-state index is 0.0424. The van der Waals surface area contributed by atoms with Gasteiger partial charge < -0.3 is 9.84 Å². The first-order chi connectivity index (χ1) is 10.0. The van der Waals surface area contributed by atoms with E-state index in [4.69, 9.17) is 10.00 Å². The first-order valence-corrected chi connectivity index (χ1v) is 6.61. The largest absolute Gasteiger partial charge is 0.488 e. The second-order valence-electron chi connectivity index (χ2n) is 4.92. The van der Waals surface area contributed by atoms with Crippen molar-refractivity contribution in [2.75, 3.05) is 0 Å². The summed E-state index contributed by atoms with van der Waals surface area (Å²) < 4.78 is 19.4. The Bertz CT molecular complexity index is 690. The average Bonchev–Trinajstić information content (AvgIpc) is 2.45. The van der Waals surface area contributed by atoms with E-state index >= 15 is 0 Å². The van der Waals surface area contributed by atoms with Gasteiger partial charge in [0.05, 0.1) is 17.7 Å². The summed E-state index contributed by atoms with van der Waals surface area (Å²) in [6.45, 7) is 3.61. The van der Waals surface area contributed by atoms with E-state index in [0.29, 0.717) is 16.9 Å². The Balaban J connectivity index is 2.20. The zero-order chi connectivity index (χ0) is 15.4. The standard InChI is InChI=1S/C17H16FNO2/c1-11-3-6-15(12(2)20)17(7-11)21-10-14-5-4-13(9-19)8-16(14)18/h3-8,12,20H,10H2,1-2H3. The van der Waals surface area contributed by atoms with E-state index in [9.17, 15) is 9.50 Å². The molecule has 21 heavy (non-hydrogen) atoms. The fraction of sp³-hybridized carbons (Fsp3) is 0.235. The summed E-state index contributed by atoms with van der Waals surface area (Å²) in [7, 11) is 0. The van der Waals surface area contributed by atoms with Crippen LogP contribution in [0.25, 0.3) is 0 Å². The number of aliphatic hydroxyl groups is 1. The smallest absolute Gasteiger partial charge is 0.131 e. The maximum absolute atomic E-state index is 13.8.